The third-order valence-electron chi connectivity index (χ3n) is 3.86. The average molecular weight is 342 g/mol. The zero-order chi connectivity index (χ0) is 14.9. The predicted octanol–water partition coefficient (Wildman–Crippen LogP) is 2.48. The highest BCUT2D eigenvalue weighted by Gasteiger charge is 2.38. The van der Waals surface area contributed by atoms with Gasteiger partial charge < -0.3 is 15.1 Å². The molecule has 5 nitrogen and oxygen atoms in total. The van der Waals surface area contributed by atoms with E-state index >= 15 is 0 Å². The lowest BCUT2D eigenvalue weighted by molar-refractivity contribution is -0.150. The molecule has 1 aromatic carbocycles. The summed E-state index contributed by atoms with van der Waals surface area (Å²) < 4.78 is 0.533. The van der Waals surface area contributed by atoms with Crippen LogP contribution in [0.2, 0.25) is 0 Å². The summed E-state index contributed by atoms with van der Waals surface area (Å²) >= 11 is 3.17. The topological polar surface area (TPSA) is 77.8 Å². The molecule has 1 heterocycles. The molecule has 0 aliphatic carbocycles. The Balaban J connectivity index is 2.08. The molecule has 0 unspecified atom stereocenters. The van der Waals surface area contributed by atoms with E-state index in [1.54, 1.807) is 24.0 Å². The van der Waals surface area contributed by atoms with Crippen molar-refractivity contribution in [1.29, 1.82) is 0 Å². The van der Waals surface area contributed by atoms with Crippen molar-refractivity contribution in [3.05, 3.63) is 28.2 Å². The van der Waals surface area contributed by atoms with E-state index < -0.39 is 11.4 Å². The molecule has 0 spiro atoms. The van der Waals surface area contributed by atoms with Crippen LogP contribution < -0.4 is 0 Å². The van der Waals surface area contributed by atoms with Crippen LogP contribution in [0.4, 0.5) is 0 Å². The molecule has 2 rings (SSSR count). The first kappa shape index (κ1) is 14.8. The summed E-state index contributed by atoms with van der Waals surface area (Å²) in [4.78, 5) is 25.1. The van der Waals surface area contributed by atoms with Gasteiger partial charge in [-0.25, -0.2) is 0 Å². The van der Waals surface area contributed by atoms with E-state index in [1.165, 1.54) is 6.07 Å². The number of nitrogens with zero attached hydrogens (tertiary/aromatic N) is 1. The van der Waals surface area contributed by atoms with E-state index in [4.69, 9.17) is 5.11 Å². The van der Waals surface area contributed by atoms with Crippen LogP contribution in [0.25, 0.3) is 0 Å². The lowest BCUT2D eigenvalue weighted by atomic mass is 9.80. The zero-order valence-corrected chi connectivity index (χ0v) is 12.7. The number of carbonyl (C=O) groups is 2. The second kappa shape index (κ2) is 5.44. The van der Waals surface area contributed by atoms with Crippen molar-refractivity contribution >= 4 is 27.8 Å². The smallest absolute Gasteiger partial charge is 0.309 e. The van der Waals surface area contributed by atoms with Gasteiger partial charge in [-0.15, -0.1) is 0 Å². The minimum atomic E-state index is -0.814. The summed E-state index contributed by atoms with van der Waals surface area (Å²) in [5, 5.41) is 18.8. The number of rotatable bonds is 2. The van der Waals surface area contributed by atoms with Gasteiger partial charge in [-0.05, 0) is 53.9 Å². The molecule has 1 aliphatic rings. The number of amides is 1. The van der Waals surface area contributed by atoms with Gasteiger partial charge in [-0.2, -0.15) is 0 Å². The number of halogens is 1. The van der Waals surface area contributed by atoms with E-state index in [0.29, 0.717) is 36.0 Å². The molecule has 0 radical (unpaired) electrons. The summed E-state index contributed by atoms with van der Waals surface area (Å²) in [5.41, 5.74) is -0.344. The summed E-state index contributed by atoms with van der Waals surface area (Å²) in [6, 6.07) is 4.67. The normalized spacial score (nSPS) is 17.8. The first-order valence-electron chi connectivity index (χ1n) is 6.35. The quantitative estimate of drug-likeness (QED) is 0.866. The molecule has 1 aromatic rings. The number of phenolic OH excluding ortho intramolecular Hbond substituents is 1. The molecule has 0 atom stereocenters. The van der Waals surface area contributed by atoms with Crippen LogP contribution in [0, 0.1) is 5.41 Å². The monoisotopic (exact) mass is 341 g/mol. The Morgan fingerprint density at radius 2 is 1.90 bits per heavy atom. The molecule has 2 N–H and O–H groups in total. The Bertz CT molecular complexity index is 550. The first-order chi connectivity index (χ1) is 9.33. The molecule has 6 heteroatoms. The van der Waals surface area contributed by atoms with Crippen molar-refractivity contribution in [2.45, 2.75) is 19.8 Å². The van der Waals surface area contributed by atoms with Gasteiger partial charge in [0.1, 0.15) is 5.75 Å². The minimum Gasteiger partial charge on any atom is -0.507 e. The van der Waals surface area contributed by atoms with E-state index in [-0.39, 0.29) is 11.7 Å². The van der Waals surface area contributed by atoms with Crippen LogP contribution in [-0.2, 0) is 4.79 Å². The zero-order valence-electron chi connectivity index (χ0n) is 11.1. The Kier molecular flexibility index (Phi) is 4.04. The third kappa shape index (κ3) is 2.80. The molecule has 0 aromatic heterocycles. The molecule has 0 bridgehead atoms. The number of hydrogen-bond donors (Lipinski definition) is 2. The lowest BCUT2D eigenvalue weighted by Gasteiger charge is -2.36. The SMILES string of the molecule is CC1(C(=O)O)CCN(C(=O)c2ccc(Br)c(O)c2)CC1. The van der Waals surface area contributed by atoms with Crippen LogP contribution >= 0.6 is 15.9 Å². The molecule has 1 fully saturated rings. The summed E-state index contributed by atoms with van der Waals surface area (Å²) in [6.07, 6.45) is 0.882. The number of piperidine rings is 1. The Hall–Kier alpha value is -1.56. The highest BCUT2D eigenvalue weighted by Crippen LogP contribution is 2.32. The van der Waals surface area contributed by atoms with Crippen LogP contribution in [0.3, 0.4) is 0 Å². The van der Waals surface area contributed by atoms with E-state index in [1.807, 2.05) is 0 Å². The van der Waals surface area contributed by atoms with Gasteiger partial charge in [0.25, 0.3) is 5.91 Å². The number of carboxylic acid groups (broad SMARTS) is 1. The van der Waals surface area contributed by atoms with Crippen LogP contribution in [0.1, 0.15) is 30.1 Å². The van der Waals surface area contributed by atoms with Gasteiger partial charge in [-0.3, -0.25) is 9.59 Å². The molecular weight excluding hydrogens is 326 g/mol. The Labute approximate surface area is 125 Å². The molecule has 108 valence electrons. The maximum atomic E-state index is 12.3. The fourth-order valence-electron chi connectivity index (χ4n) is 2.25. The maximum absolute atomic E-state index is 12.3. The first-order valence-corrected chi connectivity index (χ1v) is 7.14. The fourth-order valence-corrected chi connectivity index (χ4v) is 2.49. The van der Waals surface area contributed by atoms with Gasteiger partial charge in [0.05, 0.1) is 9.89 Å². The number of hydrogen-bond acceptors (Lipinski definition) is 3. The second-order valence-electron chi connectivity index (χ2n) is 5.32. The molecule has 1 saturated heterocycles. The number of aliphatic carboxylic acids is 1. The highest BCUT2D eigenvalue weighted by molar-refractivity contribution is 9.10. The van der Waals surface area contributed by atoms with Crippen molar-refractivity contribution in [3.8, 4) is 5.75 Å². The number of aromatic hydroxyl groups is 1. The lowest BCUT2D eigenvalue weighted by Crippen LogP contribution is -2.45. The summed E-state index contributed by atoms with van der Waals surface area (Å²) in [5.74, 6) is -0.977. The maximum Gasteiger partial charge on any atom is 0.309 e. The third-order valence-corrected chi connectivity index (χ3v) is 4.53. The molecular formula is C14H16BrNO4. The number of likely N-dealkylation sites (tertiary alicyclic amines) is 1. The van der Waals surface area contributed by atoms with Crippen molar-refractivity contribution < 1.29 is 19.8 Å². The molecule has 20 heavy (non-hydrogen) atoms. The van der Waals surface area contributed by atoms with Crippen LogP contribution in [0.15, 0.2) is 22.7 Å². The Morgan fingerprint density at radius 3 is 2.40 bits per heavy atom. The van der Waals surface area contributed by atoms with Crippen LogP contribution in [-0.4, -0.2) is 40.1 Å². The van der Waals surface area contributed by atoms with E-state index in [2.05, 4.69) is 15.9 Å². The van der Waals surface area contributed by atoms with Gasteiger partial charge in [0.15, 0.2) is 0 Å². The number of carboxylic acids is 1. The van der Waals surface area contributed by atoms with E-state index in [9.17, 15) is 14.7 Å². The van der Waals surface area contributed by atoms with Crippen LogP contribution in [0.5, 0.6) is 5.75 Å². The van der Waals surface area contributed by atoms with Crippen molar-refractivity contribution in [2.75, 3.05) is 13.1 Å². The number of benzene rings is 1. The number of carbonyl (C=O) groups excluding carboxylic acids is 1. The second-order valence-corrected chi connectivity index (χ2v) is 6.18. The van der Waals surface area contributed by atoms with Crippen molar-refractivity contribution in [3.63, 3.8) is 0 Å². The standard InChI is InChI=1S/C14H16BrNO4/c1-14(13(19)20)4-6-16(7-5-14)12(18)9-2-3-10(15)11(17)8-9/h2-3,8,17H,4-7H2,1H3,(H,19,20). The average Bonchev–Trinajstić information content (AvgIpc) is 2.42. The summed E-state index contributed by atoms with van der Waals surface area (Å²) in [6.45, 7) is 2.54. The molecule has 0 saturated carbocycles. The largest absolute Gasteiger partial charge is 0.507 e. The van der Waals surface area contributed by atoms with Crippen molar-refractivity contribution in [1.82, 2.24) is 4.90 Å². The number of phenols is 1. The van der Waals surface area contributed by atoms with Gasteiger partial charge in [0.2, 0.25) is 0 Å². The van der Waals surface area contributed by atoms with Gasteiger partial charge in [0, 0.05) is 18.7 Å². The fraction of sp³-hybridized carbons (Fsp3) is 0.429. The molecule has 1 aliphatic heterocycles. The highest BCUT2D eigenvalue weighted by atomic mass is 79.9. The predicted molar refractivity (Wildman–Crippen MR) is 76.7 cm³/mol. The minimum absolute atomic E-state index is 0.0169. The summed E-state index contributed by atoms with van der Waals surface area (Å²) in [7, 11) is 0. The van der Waals surface area contributed by atoms with E-state index in [0.717, 1.165) is 0 Å². The molecule has 1 amide bonds. The Morgan fingerprint density at radius 1 is 1.30 bits per heavy atom. The van der Waals surface area contributed by atoms with Crippen molar-refractivity contribution in [2.24, 2.45) is 5.41 Å². The van der Waals surface area contributed by atoms with Gasteiger partial charge >= 0.3 is 5.97 Å². The van der Waals surface area contributed by atoms with Gasteiger partial charge in [-0.1, -0.05) is 0 Å².